The van der Waals surface area contributed by atoms with E-state index in [0.29, 0.717) is 6.07 Å². The topological polar surface area (TPSA) is 59.9 Å². The zero-order valence-corrected chi connectivity index (χ0v) is 9.87. The van der Waals surface area contributed by atoms with Crippen molar-refractivity contribution in [3.8, 4) is 11.8 Å². The molecule has 0 amide bonds. The van der Waals surface area contributed by atoms with Crippen LogP contribution in [0.1, 0.15) is 0 Å². The maximum atomic E-state index is 13.3. The van der Waals surface area contributed by atoms with Crippen molar-refractivity contribution in [3.05, 3.63) is 35.1 Å². The van der Waals surface area contributed by atoms with E-state index >= 15 is 0 Å². The van der Waals surface area contributed by atoms with E-state index in [2.05, 4.69) is 20.3 Å². The molecule has 0 unspecified atom stereocenters. The van der Waals surface area contributed by atoms with E-state index in [1.807, 2.05) is 0 Å². The lowest BCUT2D eigenvalue weighted by molar-refractivity contribution is 0.407. The molecular formula is C10H7ClF2N4O. The van der Waals surface area contributed by atoms with Gasteiger partial charge in [0.1, 0.15) is 5.82 Å². The van der Waals surface area contributed by atoms with E-state index in [1.165, 1.54) is 0 Å². The molecule has 0 aliphatic carbocycles. The summed E-state index contributed by atoms with van der Waals surface area (Å²) in [6, 6.07) is 2.68. The fourth-order valence-electron chi connectivity index (χ4n) is 1.15. The number of ether oxygens (including phenoxy) is 1. The average molecular weight is 273 g/mol. The Kier molecular flexibility index (Phi) is 3.52. The van der Waals surface area contributed by atoms with E-state index in [0.717, 1.165) is 12.1 Å². The van der Waals surface area contributed by atoms with Gasteiger partial charge in [-0.25, -0.2) is 8.78 Å². The number of aromatic nitrogens is 3. The van der Waals surface area contributed by atoms with Crippen LogP contribution in [-0.4, -0.2) is 22.0 Å². The summed E-state index contributed by atoms with van der Waals surface area (Å²) in [5.74, 6) is -1.60. The van der Waals surface area contributed by atoms with Gasteiger partial charge in [-0.15, -0.1) is 0 Å². The lowest BCUT2D eigenvalue weighted by atomic mass is 10.3. The highest BCUT2D eigenvalue weighted by Crippen LogP contribution is 2.23. The van der Waals surface area contributed by atoms with Crippen molar-refractivity contribution in [1.82, 2.24) is 15.0 Å². The van der Waals surface area contributed by atoms with Crippen LogP contribution in [-0.2, 0) is 0 Å². The molecule has 1 aromatic heterocycles. The van der Waals surface area contributed by atoms with Gasteiger partial charge in [0.05, 0.1) is 0 Å². The first-order valence-corrected chi connectivity index (χ1v) is 5.18. The quantitative estimate of drug-likeness (QED) is 0.931. The number of nitrogens with one attached hydrogen (secondary N) is 1. The third kappa shape index (κ3) is 2.80. The van der Waals surface area contributed by atoms with Gasteiger partial charge in [-0.3, -0.25) is 0 Å². The summed E-state index contributed by atoms with van der Waals surface area (Å²) in [4.78, 5) is 11.2. The zero-order valence-electron chi connectivity index (χ0n) is 9.12. The molecule has 2 aromatic rings. The van der Waals surface area contributed by atoms with Gasteiger partial charge in [0, 0.05) is 13.1 Å². The van der Waals surface area contributed by atoms with Crippen molar-refractivity contribution >= 4 is 17.5 Å². The molecule has 18 heavy (non-hydrogen) atoms. The second kappa shape index (κ2) is 5.09. The van der Waals surface area contributed by atoms with Gasteiger partial charge in [-0.1, -0.05) is 0 Å². The Morgan fingerprint density at radius 2 is 2.00 bits per heavy atom. The van der Waals surface area contributed by atoms with Crippen LogP contribution in [0.4, 0.5) is 14.7 Å². The molecular weight excluding hydrogens is 266 g/mol. The van der Waals surface area contributed by atoms with Crippen LogP contribution in [0.15, 0.2) is 18.2 Å². The van der Waals surface area contributed by atoms with Crippen LogP contribution in [0.25, 0.3) is 0 Å². The lowest BCUT2D eigenvalue weighted by Crippen LogP contribution is -2.01. The Hall–Kier alpha value is -2.02. The molecule has 5 nitrogen and oxygen atoms in total. The summed E-state index contributed by atoms with van der Waals surface area (Å²) >= 11 is 5.62. The molecule has 0 bridgehead atoms. The summed E-state index contributed by atoms with van der Waals surface area (Å²) in [5.41, 5.74) is 0. The summed E-state index contributed by atoms with van der Waals surface area (Å²) < 4.78 is 31.1. The molecule has 0 fully saturated rings. The van der Waals surface area contributed by atoms with Crippen molar-refractivity contribution in [2.75, 3.05) is 12.4 Å². The van der Waals surface area contributed by atoms with Crippen molar-refractivity contribution in [2.45, 2.75) is 0 Å². The van der Waals surface area contributed by atoms with Gasteiger partial charge in [0.2, 0.25) is 11.2 Å². The number of hydrogen-bond donors (Lipinski definition) is 1. The molecule has 0 aliphatic rings. The summed E-state index contributed by atoms with van der Waals surface area (Å²) in [5, 5.41) is 2.53. The average Bonchev–Trinajstić information content (AvgIpc) is 2.32. The van der Waals surface area contributed by atoms with E-state index < -0.39 is 11.6 Å². The van der Waals surface area contributed by atoms with Crippen LogP contribution in [0.5, 0.6) is 11.8 Å². The fourth-order valence-corrected chi connectivity index (χ4v) is 1.30. The second-order valence-corrected chi connectivity index (χ2v) is 3.48. The lowest BCUT2D eigenvalue weighted by Gasteiger charge is -2.06. The predicted octanol–water partition coefficient (Wildman–Crippen LogP) is 2.64. The first-order valence-electron chi connectivity index (χ1n) is 4.80. The number of hydrogen-bond acceptors (Lipinski definition) is 5. The highest BCUT2D eigenvalue weighted by molar-refractivity contribution is 6.28. The Bertz CT molecular complexity index is 582. The van der Waals surface area contributed by atoms with Crippen molar-refractivity contribution < 1.29 is 13.5 Å². The molecule has 1 heterocycles. The van der Waals surface area contributed by atoms with Gasteiger partial charge < -0.3 is 10.1 Å². The maximum Gasteiger partial charge on any atom is 0.328 e. The Labute approximate surface area is 106 Å². The van der Waals surface area contributed by atoms with Gasteiger partial charge in [-0.2, -0.15) is 15.0 Å². The highest BCUT2D eigenvalue weighted by atomic mass is 35.5. The van der Waals surface area contributed by atoms with Gasteiger partial charge in [0.25, 0.3) is 0 Å². The van der Waals surface area contributed by atoms with Crippen LogP contribution in [0.3, 0.4) is 0 Å². The summed E-state index contributed by atoms with van der Waals surface area (Å²) in [6.07, 6.45) is 0. The van der Waals surface area contributed by atoms with E-state index in [-0.39, 0.29) is 23.0 Å². The number of benzene rings is 1. The monoisotopic (exact) mass is 272 g/mol. The molecule has 2 rings (SSSR count). The minimum absolute atomic E-state index is 0.105. The van der Waals surface area contributed by atoms with Crippen molar-refractivity contribution in [1.29, 1.82) is 0 Å². The normalized spacial score (nSPS) is 10.2. The van der Waals surface area contributed by atoms with E-state index in [4.69, 9.17) is 16.3 Å². The third-order valence-corrected chi connectivity index (χ3v) is 2.08. The van der Waals surface area contributed by atoms with Crippen LogP contribution >= 0.6 is 11.6 Å². The first kappa shape index (κ1) is 12.4. The largest absolute Gasteiger partial charge is 0.421 e. The molecule has 0 radical (unpaired) electrons. The zero-order chi connectivity index (χ0) is 13.1. The second-order valence-electron chi connectivity index (χ2n) is 3.14. The van der Waals surface area contributed by atoms with Crippen molar-refractivity contribution in [3.63, 3.8) is 0 Å². The number of rotatable bonds is 3. The molecule has 0 atom stereocenters. The van der Waals surface area contributed by atoms with Crippen LogP contribution in [0.2, 0.25) is 5.28 Å². The summed E-state index contributed by atoms with van der Waals surface area (Å²) in [7, 11) is 1.58. The highest BCUT2D eigenvalue weighted by Gasteiger charge is 2.10. The molecule has 0 saturated carbocycles. The molecule has 0 spiro atoms. The maximum absolute atomic E-state index is 13.3. The minimum atomic E-state index is -0.863. The minimum Gasteiger partial charge on any atom is -0.421 e. The Morgan fingerprint density at radius 3 is 2.67 bits per heavy atom. The smallest absolute Gasteiger partial charge is 0.328 e. The summed E-state index contributed by atoms with van der Waals surface area (Å²) in [6.45, 7) is 0. The molecule has 0 saturated heterocycles. The number of halogens is 3. The Morgan fingerprint density at radius 1 is 1.22 bits per heavy atom. The van der Waals surface area contributed by atoms with Gasteiger partial charge in [-0.05, 0) is 23.7 Å². The first-order chi connectivity index (χ1) is 8.58. The van der Waals surface area contributed by atoms with Gasteiger partial charge >= 0.3 is 6.01 Å². The van der Waals surface area contributed by atoms with E-state index in [9.17, 15) is 8.78 Å². The SMILES string of the molecule is CNc1nc(Cl)nc(Oc2ccc(F)cc2F)n1. The number of anilines is 1. The number of nitrogens with zero attached hydrogens (tertiary/aromatic N) is 3. The molecule has 0 aliphatic heterocycles. The molecule has 8 heteroatoms. The predicted molar refractivity (Wildman–Crippen MR) is 60.8 cm³/mol. The Balaban J connectivity index is 2.30. The molecule has 1 aromatic carbocycles. The molecule has 1 N–H and O–H groups in total. The standard InChI is InChI=1S/C10H7ClF2N4O/c1-14-9-15-8(11)16-10(17-9)18-7-3-2-5(12)4-6(7)13/h2-4H,1H3,(H,14,15,16,17). The van der Waals surface area contributed by atoms with Crippen LogP contribution < -0.4 is 10.1 Å². The van der Waals surface area contributed by atoms with Crippen LogP contribution in [0, 0.1) is 11.6 Å². The van der Waals surface area contributed by atoms with Gasteiger partial charge in [0.15, 0.2) is 11.6 Å². The fraction of sp³-hybridized carbons (Fsp3) is 0.100. The molecule has 94 valence electrons. The third-order valence-electron chi connectivity index (χ3n) is 1.91. The van der Waals surface area contributed by atoms with E-state index in [1.54, 1.807) is 7.05 Å². The van der Waals surface area contributed by atoms with Crippen molar-refractivity contribution in [2.24, 2.45) is 0 Å².